The second-order valence-electron chi connectivity index (χ2n) is 5.16. The van der Waals surface area contributed by atoms with Crippen LogP contribution in [-0.2, 0) is 11.3 Å². The average molecular weight is 279 g/mol. The zero-order valence-corrected chi connectivity index (χ0v) is 12.4. The van der Waals surface area contributed by atoms with E-state index in [1.807, 2.05) is 10.9 Å². The highest BCUT2D eigenvalue weighted by molar-refractivity contribution is 5.94. The molecule has 0 spiro atoms. The Morgan fingerprint density at radius 3 is 3.00 bits per heavy atom. The van der Waals surface area contributed by atoms with Gasteiger partial charge in [0.05, 0.1) is 24.5 Å². The summed E-state index contributed by atoms with van der Waals surface area (Å²) < 4.78 is 1.88. The van der Waals surface area contributed by atoms with Crippen LogP contribution in [0, 0.1) is 0 Å². The lowest BCUT2D eigenvalue weighted by Crippen LogP contribution is -2.35. The fraction of sp³-hybridized carbons (Fsp3) is 0.714. The Kier molecular flexibility index (Phi) is 5.55. The summed E-state index contributed by atoms with van der Waals surface area (Å²) in [7, 11) is 0. The van der Waals surface area contributed by atoms with E-state index in [1.165, 1.54) is 0 Å². The molecule has 112 valence electrons. The molecule has 1 amide bonds. The topological polar surface area (TPSA) is 62.2 Å². The lowest BCUT2D eigenvalue weighted by atomic mass is 10.2. The van der Waals surface area contributed by atoms with E-state index in [9.17, 15) is 4.79 Å². The normalized spacial score (nSPS) is 18.6. The molecule has 2 rings (SSSR count). The van der Waals surface area contributed by atoms with Gasteiger partial charge in [-0.2, -0.15) is 5.10 Å². The maximum absolute atomic E-state index is 12.0. The second-order valence-corrected chi connectivity index (χ2v) is 5.16. The number of anilines is 1. The van der Waals surface area contributed by atoms with E-state index < -0.39 is 0 Å². The summed E-state index contributed by atoms with van der Waals surface area (Å²) in [6, 6.07) is -0.0472. The molecule has 1 aliphatic heterocycles. The molecule has 2 heterocycles. The van der Waals surface area contributed by atoms with Gasteiger partial charge >= 0.3 is 0 Å². The van der Waals surface area contributed by atoms with Crippen molar-refractivity contribution in [1.82, 2.24) is 20.0 Å². The highest BCUT2D eigenvalue weighted by atomic mass is 16.2. The Morgan fingerprint density at radius 1 is 1.55 bits per heavy atom. The summed E-state index contributed by atoms with van der Waals surface area (Å²) in [6.45, 7) is 9.18. The number of nitrogens with one attached hydrogen (secondary N) is 2. The third-order valence-electron chi connectivity index (χ3n) is 3.82. The van der Waals surface area contributed by atoms with Gasteiger partial charge < -0.3 is 15.5 Å². The summed E-state index contributed by atoms with van der Waals surface area (Å²) in [5.74, 6) is 0.0470. The number of hydrogen-bond acceptors (Lipinski definition) is 4. The van der Waals surface area contributed by atoms with E-state index in [0.717, 1.165) is 51.3 Å². The molecule has 1 saturated heterocycles. The molecule has 1 atom stereocenters. The van der Waals surface area contributed by atoms with Crippen LogP contribution in [0.5, 0.6) is 0 Å². The molecule has 6 heteroatoms. The quantitative estimate of drug-likeness (QED) is 0.779. The fourth-order valence-corrected chi connectivity index (χ4v) is 2.47. The number of aromatic nitrogens is 2. The van der Waals surface area contributed by atoms with Crippen LogP contribution >= 0.6 is 0 Å². The third kappa shape index (κ3) is 4.05. The first-order valence-corrected chi connectivity index (χ1v) is 7.52. The minimum atomic E-state index is -0.0472. The number of hydrogen-bond donors (Lipinski definition) is 2. The highest BCUT2D eigenvalue weighted by Crippen LogP contribution is 2.10. The maximum Gasteiger partial charge on any atom is 0.241 e. The molecular weight excluding hydrogens is 254 g/mol. The van der Waals surface area contributed by atoms with Crippen LogP contribution in [0.1, 0.15) is 26.7 Å². The van der Waals surface area contributed by atoms with Gasteiger partial charge in [-0.3, -0.25) is 9.48 Å². The smallest absolute Gasteiger partial charge is 0.241 e. The van der Waals surface area contributed by atoms with Crippen LogP contribution < -0.4 is 10.6 Å². The predicted octanol–water partition coefficient (Wildman–Crippen LogP) is 0.915. The SMILES string of the molecule is CCN(CC)CCn1cc(NC(=O)C2CCCN2)cn1. The summed E-state index contributed by atoms with van der Waals surface area (Å²) in [5.41, 5.74) is 0.781. The Labute approximate surface area is 120 Å². The molecule has 1 unspecified atom stereocenters. The molecule has 2 N–H and O–H groups in total. The van der Waals surface area contributed by atoms with Crippen molar-refractivity contribution in [3.8, 4) is 0 Å². The molecule has 0 bridgehead atoms. The molecule has 0 radical (unpaired) electrons. The number of carbonyl (C=O) groups excluding carboxylic acids is 1. The van der Waals surface area contributed by atoms with E-state index in [4.69, 9.17) is 0 Å². The predicted molar refractivity (Wildman–Crippen MR) is 79.7 cm³/mol. The van der Waals surface area contributed by atoms with Gasteiger partial charge in [0.25, 0.3) is 0 Å². The molecule has 1 fully saturated rings. The molecule has 0 aliphatic carbocycles. The summed E-state index contributed by atoms with van der Waals surface area (Å²) >= 11 is 0. The summed E-state index contributed by atoms with van der Waals surface area (Å²) in [4.78, 5) is 14.3. The van der Waals surface area contributed by atoms with E-state index >= 15 is 0 Å². The maximum atomic E-state index is 12.0. The third-order valence-corrected chi connectivity index (χ3v) is 3.82. The first-order chi connectivity index (χ1) is 9.72. The van der Waals surface area contributed by atoms with Crippen LogP contribution in [0.25, 0.3) is 0 Å². The van der Waals surface area contributed by atoms with Gasteiger partial charge in [0.2, 0.25) is 5.91 Å². The Morgan fingerprint density at radius 2 is 2.35 bits per heavy atom. The number of carbonyl (C=O) groups is 1. The van der Waals surface area contributed by atoms with E-state index in [1.54, 1.807) is 6.20 Å². The highest BCUT2D eigenvalue weighted by Gasteiger charge is 2.22. The molecule has 0 saturated carbocycles. The van der Waals surface area contributed by atoms with Crippen molar-refractivity contribution in [3.05, 3.63) is 12.4 Å². The molecule has 1 aliphatic rings. The van der Waals surface area contributed by atoms with Gasteiger partial charge in [-0.15, -0.1) is 0 Å². The summed E-state index contributed by atoms with van der Waals surface area (Å²) in [5, 5.41) is 10.4. The minimum Gasteiger partial charge on any atom is -0.322 e. The van der Waals surface area contributed by atoms with Gasteiger partial charge in [0.1, 0.15) is 0 Å². The van der Waals surface area contributed by atoms with Crippen LogP contribution in [-0.4, -0.2) is 52.8 Å². The van der Waals surface area contributed by atoms with E-state index in [-0.39, 0.29) is 11.9 Å². The monoisotopic (exact) mass is 279 g/mol. The first-order valence-electron chi connectivity index (χ1n) is 7.52. The number of amides is 1. The van der Waals surface area contributed by atoms with Gasteiger partial charge in [-0.1, -0.05) is 13.8 Å². The van der Waals surface area contributed by atoms with Crippen molar-refractivity contribution in [2.75, 3.05) is 31.5 Å². The van der Waals surface area contributed by atoms with Crippen molar-refractivity contribution in [2.45, 2.75) is 39.3 Å². The van der Waals surface area contributed by atoms with Crippen LogP contribution in [0.4, 0.5) is 5.69 Å². The van der Waals surface area contributed by atoms with Crippen molar-refractivity contribution in [1.29, 1.82) is 0 Å². The van der Waals surface area contributed by atoms with E-state index in [2.05, 4.69) is 34.5 Å². The van der Waals surface area contributed by atoms with E-state index in [0.29, 0.717) is 0 Å². The second kappa shape index (κ2) is 7.40. The van der Waals surface area contributed by atoms with Crippen LogP contribution in [0.2, 0.25) is 0 Å². The number of rotatable bonds is 7. The minimum absolute atomic E-state index is 0.0470. The Hall–Kier alpha value is -1.40. The molecule has 1 aromatic rings. The van der Waals surface area contributed by atoms with Crippen molar-refractivity contribution in [2.24, 2.45) is 0 Å². The number of nitrogens with zero attached hydrogens (tertiary/aromatic N) is 3. The molecule has 20 heavy (non-hydrogen) atoms. The van der Waals surface area contributed by atoms with Gasteiger partial charge in [0, 0.05) is 12.7 Å². The van der Waals surface area contributed by atoms with Gasteiger partial charge in [0.15, 0.2) is 0 Å². The van der Waals surface area contributed by atoms with Crippen molar-refractivity contribution < 1.29 is 4.79 Å². The molecular formula is C14H25N5O. The van der Waals surface area contributed by atoms with Crippen molar-refractivity contribution >= 4 is 11.6 Å². The van der Waals surface area contributed by atoms with Gasteiger partial charge in [-0.05, 0) is 32.5 Å². The first kappa shape index (κ1) is 15.0. The van der Waals surface area contributed by atoms with Crippen molar-refractivity contribution in [3.63, 3.8) is 0 Å². The zero-order valence-electron chi connectivity index (χ0n) is 12.4. The molecule has 6 nitrogen and oxygen atoms in total. The fourth-order valence-electron chi connectivity index (χ4n) is 2.47. The largest absolute Gasteiger partial charge is 0.322 e. The Bertz CT molecular complexity index is 421. The van der Waals surface area contributed by atoms with Crippen LogP contribution in [0.3, 0.4) is 0 Å². The lowest BCUT2D eigenvalue weighted by molar-refractivity contribution is -0.117. The zero-order chi connectivity index (χ0) is 14.4. The average Bonchev–Trinajstić information content (AvgIpc) is 3.11. The summed E-state index contributed by atoms with van der Waals surface area (Å²) in [6.07, 6.45) is 5.61. The lowest BCUT2D eigenvalue weighted by Gasteiger charge is -2.17. The van der Waals surface area contributed by atoms with Gasteiger partial charge in [-0.25, -0.2) is 0 Å². The van der Waals surface area contributed by atoms with Crippen LogP contribution in [0.15, 0.2) is 12.4 Å². The molecule has 1 aromatic heterocycles. The number of likely N-dealkylation sites (N-methyl/N-ethyl adjacent to an activating group) is 1. The Balaban J connectivity index is 1.80. The molecule has 0 aromatic carbocycles. The standard InChI is InChI=1S/C14H25N5O/c1-3-18(4-2)8-9-19-11-12(10-16-19)17-14(20)13-6-5-7-15-13/h10-11,13,15H,3-9H2,1-2H3,(H,17,20).